The van der Waals surface area contributed by atoms with Gasteiger partial charge in [0, 0.05) is 43.2 Å². The quantitative estimate of drug-likeness (QED) is 0.470. The number of aryl methyl sites for hydroxylation is 1. The number of hydrogen-bond acceptors (Lipinski definition) is 3. The van der Waals surface area contributed by atoms with Gasteiger partial charge in [-0.3, -0.25) is 14.7 Å². The molecule has 4 rings (SSSR count). The van der Waals surface area contributed by atoms with E-state index in [-0.39, 0.29) is 5.92 Å². The molecule has 2 heterocycles. The molecule has 0 amide bonds. The fourth-order valence-corrected chi connectivity index (χ4v) is 3.91. The van der Waals surface area contributed by atoms with E-state index in [1.54, 1.807) is 0 Å². The predicted molar refractivity (Wildman–Crippen MR) is 119 cm³/mol. The second-order valence-corrected chi connectivity index (χ2v) is 7.90. The van der Waals surface area contributed by atoms with Crippen molar-refractivity contribution in [3.63, 3.8) is 0 Å². The van der Waals surface area contributed by atoms with Crippen LogP contribution in [0.4, 0.5) is 0 Å². The molecule has 2 aromatic carbocycles. The van der Waals surface area contributed by atoms with E-state index < -0.39 is 5.97 Å². The number of carboxylic acid groups (broad SMARTS) is 1. The summed E-state index contributed by atoms with van der Waals surface area (Å²) in [6.07, 6.45) is 6.04. The van der Waals surface area contributed by atoms with Gasteiger partial charge in [-0.1, -0.05) is 54.3 Å². The van der Waals surface area contributed by atoms with E-state index >= 15 is 0 Å². The van der Waals surface area contributed by atoms with E-state index in [9.17, 15) is 4.79 Å². The van der Waals surface area contributed by atoms with E-state index in [1.807, 2.05) is 12.3 Å². The maximum atomic E-state index is 11.0. The first-order valence-electron chi connectivity index (χ1n) is 10.6. The maximum Gasteiger partial charge on any atom is 0.309 e. The highest BCUT2D eigenvalue weighted by Crippen LogP contribution is 2.25. The largest absolute Gasteiger partial charge is 0.481 e. The Bertz CT molecular complexity index is 1080. The first kappa shape index (κ1) is 20.1. The highest BCUT2D eigenvalue weighted by atomic mass is 16.4. The summed E-state index contributed by atoms with van der Waals surface area (Å²) in [5.74, 6) is 5.72. The van der Waals surface area contributed by atoms with E-state index in [1.165, 1.54) is 5.56 Å². The Balaban J connectivity index is 1.37. The van der Waals surface area contributed by atoms with Gasteiger partial charge >= 0.3 is 5.97 Å². The van der Waals surface area contributed by atoms with Crippen LogP contribution >= 0.6 is 0 Å². The van der Waals surface area contributed by atoms with E-state index in [0.29, 0.717) is 13.1 Å². The number of hydrogen-bond donors (Lipinski definition) is 1. The lowest BCUT2D eigenvalue weighted by atomic mass is 9.98. The van der Waals surface area contributed by atoms with Crippen molar-refractivity contribution in [3.8, 4) is 11.8 Å². The number of nitrogens with zero attached hydrogens (tertiary/aromatic N) is 2. The minimum absolute atomic E-state index is 0.240. The Kier molecular flexibility index (Phi) is 6.41. The maximum absolute atomic E-state index is 11.0. The van der Waals surface area contributed by atoms with Gasteiger partial charge in [0.05, 0.1) is 11.4 Å². The van der Waals surface area contributed by atoms with Crippen molar-refractivity contribution in [2.24, 2.45) is 5.92 Å². The highest BCUT2D eigenvalue weighted by molar-refractivity contribution is 5.87. The van der Waals surface area contributed by atoms with Crippen LogP contribution in [0.1, 0.15) is 36.0 Å². The average Bonchev–Trinajstić information content (AvgIpc) is 2.74. The Hall–Kier alpha value is -3.16. The fourth-order valence-electron chi connectivity index (χ4n) is 3.91. The van der Waals surface area contributed by atoms with Crippen molar-refractivity contribution in [2.75, 3.05) is 13.1 Å². The lowest BCUT2D eigenvalue weighted by Crippen LogP contribution is -2.49. The number of carboxylic acids is 1. The molecule has 0 aliphatic carbocycles. The summed E-state index contributed by atoms with van der Waals surface area (Å²) in [6.45, 7) is 1.94. The smallest absolute Gasteiger partial charge is 0.309 e. The normalized spacial score (nSPS) is 14.1. The van der Waals surface area contributed by atoms with Gasteiger partial charge < -0.3 is 5.11 Å². The topological polar surface area (TPSA) is 53.4 Å². The fraction of sp³-hybridized carbons (Fsp3) is 0.308. The molecule has 3 aromatic rings. The first-order chi connectivity index (χ1) is 14.7. The third kappa shape index (κ3) is 4.87. The number of benzene rings is 2. The third-order valence-electron chi connectivity index (χ3n) is 5.64. The van der Waals surface area contributed by atoms with Crippen LogP contribution in [0, 0.1) is 17.8 Å². The number of likely N-dealkylation sites (tertiary alicyclic amines) is 1. The van der Waals surface area contributed by atoms with E-state index in [0.717, 1.165) is 54.3 Å². The van der Waals surface area contributed by atoms with Crippen LogP contribution in [-0.4, -0.2) is 34.0 Å². The summed E-state index contributed by atoms with van der Waals surface area (Å²) >= 11 is 0. The molecule has 1 N–H and O–H groups in total. The number of aromatic nitrogens is 1. The summed E-state index contributed by atoms with van der Waals surface area (Å²) in [5, 5.41) is 10.1. The summed E-state index contributed by atoms with van der Waals surface area (Å²) in [4.78, 5) is 17.8. The van der Waals surface area contributed by atoms with Crippen LogP contribution in [0.15, 0.2) is 60.8 Å². The van der Waals surface area contributed by atoms with Crippen LogP contribution in [0.25, 0.3) is 10.9 Å². The molecule has 152 valence electrons. The summed E-state index contributed by atoms with van der Waals surface area (Å²) in [7, 11) is 0. The second kappa shape index (κ2) is 9.56. The molecule has 4 heteroatoms. The summed E-state index contributed by atoms with van der Waals surface area (Å²) < 4.78 is 0. The van der Waals surface area contributed by atoms with Crippen LogP contribution in [0.3, 0.4) is 0 Å². The molecule has 0 spiro atoms. The van der Waals surface area contributed by atoms with E-state index in [4.69, 9.17) is 5.11 Å². The van der Waals surface area contributed by atoms with Gasteiger partial charge in [0.25, 0.3) is 0 Å². The zero-order valence-electron chi connectivity index (χ0n) is 17.1. The van der Waals surface area contributed by atoms with Gasteiger partial charge in [-0.15, -0.1) is 0 Å². The van der Waals surface area contributed by atoms with Gasteiger partial charge in [0.1, 0.15) is 0 Å². The molecule has 0 bridgehead atoms. The molecule has 4 nitrogen and oxygen atoms in total. The number of unbranched alkanes of at least 4 members (excludes halogenated alkanes) is 2. The first-order valence-corrected chi connectivity index (χ1v) is 10.6. The Morgan fingerprint density at radius 3 is 2.70 bits per heavy atom. The van der Waals surface area contributed by atoms with Gasteiger partial charge in [-0.05, 0) is 42.5 Å². The van der Waals surface area contributed by atoms with Crippen LogP contribution < -0.4 is 0 Å². The van der Waals surface area contributed by atoms with Crippen molar-refractivity contribution in [2.45, 2.75) is 32.2 Å². The Morgan fingerprint density at radius 1 is 1.07 bits per heavy atom. The summed E-state index contributed by atoms with van der Waals surface area (Å²) in [6, 6.07) is 18.8. The zero-order valence-corrected chi connectivity index (χ0v) is 17.1. The van der Waals surface area contributed by atoms with Gasteiger partial charge in [-0.2, -0.15) is 0 Å². The zero-order chi connectivity index (χ0) is 20.8. The molecule has 1 aromatic heterocycles. The molecule has 0 saturated carbocycles. The number of aliphatic carboxylic acids is 1. The monoisotopic (exact) mass is 398 g/mol. The lowest BCUT2D eigenvalue weighted by Gasteiger charge is -2.36. The minimum atomic E-state index is -0.705. The molecule has 30 heavy (non-hydrogen) atoms. The third-order valence-corrected chi connectivity index (χ3v) is 5.64. The van der Waals surface area contributed by atoms with Crippen LogP contribution in [-0.2, 0) is 17.8 Å². The van der Waals surface area contributed by atoms with Crippen molar-refractivity contribution in [3.05, 3.63) is 77.5 Å². The Labute approximate surface area is 177 Å². The van der Waals surface area contributed by atoms with Gasteiger partial charge in [0.2, 0.25) is 0 Å². The molecule has 1 fully saturated rings. The van der Waals surface area contributed by atoms with Crippen molar-refractivity contribution >= 4 is 16.9 Å². The minimum Gasteiger partial charge on any atom is -0.481 e. The standard InChI is InChI=1S/C26H26N2O2/c29-26(30)23-18-28(19-23)17-22-15-14-21(24-13-8-16-27-25(22)24)12-7-2-1-4-9-20-10-5-3-6-11-20/h3,5-6,8,10-11,13-16,23H,1-2,4,9,17-19H2,(H,29,30). The molecule has 1 aliphatic rings. The number of rotatable bonds is 7. The highest BCUT2D eigenvalue weighted by Gasteiger charge is 2.32. The molecule has 1 aliphatic heterocycles. The van der Waals surface area contributed by atoms with Gasteiger partial charge in [0.15, 0.2) is 0 Å². The molecular formula is C26H26N2O2. The lowest BCUT2D eigenvalue weighted by molar-refractivity contribution is -0.147. The molecule has 0 atom stereocenters. The molecule has 1 saturated heterocycles. The molecular weight excluding hydrogens is 372 g/mol. The van der Waals surface area contributed by atoms with Crippen LogP contribution in [0.5, 0.6) is 0 Å². The van der Waals surface area contributed by atoms with Crippen LogP contribution in [0.2, 0.25) is 0 Å². The Morgan fingerprint density at radius 2 is 1.90 bits per heavy atom. The van der Waals surface area contributed by atoms with E-state index in [2.05, 4.69) is 70.3 Å². The number of fused-ring (bicyclic) bond motifs is 1. The van der Waals surface area contributed by atoms with Crippen molar-refractivity contribution in [1.29, 1.82) is 0 Å². The van der Waals surface area contributed by atoms with Crippen molar-refractivity contribution < 1.29 is 9.90 Å². The average molecular weight is 399 g/mol. The van der Waals surface area contributed by atoms with Gasteiger partial charge in [-0.25, -0.2) is 0 Å². The molecule has 0 unspecified atom stereocenters. The van der Waals surface area contributed by atoms with Crippen molar-refractivity contribution in [1.82, 2.24) is 9.88 Å². The number of pyridine rings is 1. The second-order valence-electron chi connectivity index (χ2n) is 7.90. The predicted octanol–water partition coefficient (Wildman–Crippen LogP) is 4.52. The molecule has 0 radical (unpaired) electrons. The number of carbonyl (C=O) groups is 1. The summed E-state index contributed by atoms with van der Waals surface area (Å²) in [5.41, 5.74) is 4.49. The SMILES string of the molecule is O=C(O)C1CN(Cc2ccc(C#CCCCCc3ccccc3)c3cccnc23)C1.